The molecule has 0 unspecified atom stereocenters. The van der Waals surface area contributed by atoms with Crippen LogP contribution in [0.4, 0.5) is 15.9 Å². The first kappa shape index (κ1) is 17.0. The fraction of sp³-hybridized carbons (Fsp3) is 0.0526. The number of carbonyl (C=O) groups is 1. The number of anilines is 2. The van der Waals surface area contributed by atoms with Gasteiger partial charge in [-0.15, -0.1) is 10.2 Å². The lowest BCUT2D eigenvalue weighted by Crippen LogP contribution is -2.24. The lowest BCUT2D eigenvalue weighted by Gasteiger charge is -2.07. The number of aromatic nitrogens is 2. The summed E-state index contributed by atoms with van der Waals surface area (Å²) < 4.78 is 13.5. The van der Waals surface area contributed by atoms with Crippen LogP contribution in [0.2, 0.25) is 0 Å². The van der Waals surface area contributed by atoms with Gasteiger partial charge in [-0.05, 0) is 42.5 Å². The summed E-state index contributed by atoms with van der Waals surface area (Å²) in [5.74, 6) is -0.355. The summed E-state index contributed by atoms with van der Waals surface area (Å²) in [5, 5.41) is 22.2. The van der Waals surface area contributed by atoms with Crippen LogP contribution in [0.3, 0.4) is 0 Å². The third kappa shape index (κ3) is 4.19. The maximum atomic E-state index is 13.5. The molecule has 0 atom stereocenters. The Morgan fingerprint density at radius 1 is 1.04 bits per heavy atom. The Morgan fingerprint density at radius 3 is 2.46 bits per heavy atom. The molecule has 3 aromatic rings. The van der Waals surface area contributed by atoms with E-state index in [0.717, 1.165) is 5.69 Å². The quantitative estimate of drug-likeness (QED) is 0.740. The molecule has 1 heterocycles. The standard InChI is InChI=1S/C19H14FN5O/c20-16-4-2-1-3-14(16)12-22-19(26)17-9-10-18(25-24-17)23-15-7-5-13(11-21)6-8-15/h1-10H,12H2,(H,22,26)(H,23,25). The predicted octanol–water partition coefficient (Wildman–Crippen LogP) is 3.16. The molecule has 6 nitrogen and oxygen atoms in total. The summed E-state index contributed by atoms with van der Waals surface area (Å²) in [6.07, 6.45) is 0. The largest absolute Gasteiger partial charge is 0.346 e. The molecule has 0 saturated heterocycles. The molecule has 3 rings (SSSR count). The Kier molecular flexibility index (Phi) is 5.15. The number of nitriles is 1. The molecule has 1 amide bonds. The molecule has 0 aliphatic carbocycles. The van der Waals surface area contributed by atoms with E-state index >= 15 is 0 Å². The number of nitrogens with one attached hydrogen (secondary N) is 2. The van der Waals surface area contributed by atoms with Gasteiger partial charge in [0.1, 0.15) is 5.82 Å². The number of benzene rings is 2. The fourth-order valence-electron chi connectivity index (χ4n) is 2.20. The Balaban J connectivity index is 1.60. The lowest BCUT2D eigenvalue weighted by molar-refractivity contribution is 0.0944. The Morgan fingerprint density at radius 2 is 1.81 bits per heavy atom. The van der Waals surface area contributed by atoms with Crippen LogP contribution in [-0.4, -0.2) is 16.1 Å². The van der Waals surface area contributed by atoms with E-state index in [1.165, 1.54) is 12.1 Å². The van der Waals surface area contributed by atoms with Crippen molar-refractivity contribution in [3.63, 3.8) is 0 Å². The van der Waals surface area contributed by atoms with Gasteiger partial charge in [-0.1, -0.05) is 18.2 Å². The van der Waals surface area contributed by atoms with Crippen LogP contribution in [-0.2, 0) is 6.54 Å². The van der Waals surface area contributed by atoms with Gasteiger partial charge in [0.05, 0.1) is 11.6 Å². The molecule has 0 bridgehead atoms. The molecule has 2 aromatic carbocycles. The van der Waals surface area contributed by atoms with Crippen LogP contribution in [0.15, 0.2) is 60.7 Å². The van der Waals surface area contributed by atoms with Crippen LogP contribution in [0.1, 0.15) is 21.6 Å². The SMILES string of the molecule is N#Cc1ccc(Nc2ccc(C(=O)NCc3ccccc3F)nn2)cc1. The number of hydrogen-bond acceptors (Lipinski definition) is 5. The second-order valence-electron chi connectivity index (χ2n) is 5.39. The first-order valence-corrected chi connectivity index (χ1v) is 7.78. The van der Waals surface area contributed by atoms with Crippen molar-refractivity contribution >= 4 is 17.4 Å². The third-order valence-electron chi connectivity index (χ3n) is 3.58. The van der Waals surface area contributed by atoms with Crippen molar-refractivity contribution in [1.82, 2.24) is 15.5 Å². The van der Waals surface area contributed by atoms with Gasteiger partial charge in [0.15, 0.2) is 11.5 Å². The highest BCUT2D eigenvalue weighted by atomic mass is 19.1. The molecule has 0 radical (unpaired) electrons. The summed E-state index contributed by atoms with van der Waals surface area (Å²) in [6.45, 7) is 0.0679. The molecule has 1 aromatic heterocycles. The van der Waals surface area contributed by atoms with Gasteiger partial charge in [-0.3, -0.25) is 4.79 Å². The number of halogens is 1. The fourth-order valence-corrected chi connectivity index (χ4v) is 2.20. The van der Waals surface area contributed by atoms with Crippen molar-refractivity contribution in [2.24, 2.45) is 0 Å². The van der Waals surface area contributed by atoms with Gasteiger partial charge < -0.3 is 10.6 Å². The van der Waals surface area contributed by atoms with E-state index in [2.05, 4.69) is 20.8 Å². The van der Waals surface area contributed by atoms with Gasteiger partial charge >= 0.3 is 0 Å². The van der Waals surface area contributed by atoms with E-state index in [1.54, 1.807) is 48.5 Å². The molecule has 0 spiro atoms. The maximum absolute atomic E-state index is 13.5. The van der Waals surface area contributed by atoms with Crippen molar-refractivity contribution in [2.75, 3.05) is 5.32 Å². The first-order chi connectivity index (χ1) is 12.7. The summed E-state index contributed by atoms with van der Waals surface area (Å²) in [7, 11) is 0. The first-order valence-electron chi connectivity index (χ1n) is 7.78. The Hall–Kier alpha value is -3.79. The summed E-state index contributed by atoms with van der Waals surface area (Å²) in [4.78, 5) is 12.1. The minimum atomic E-state index is -0.439. The van der Waals surface area contributed by atoms with E-state index in [1.807, 2.05) is 6.07 Å². The Labute approximate surface area is 149 Å². The van der Waals surface area contributed by atoms with Crippen molar-refractivity contribution < 1.29 is 9.18 Å². The predicted molar refractivity (Wildman–Crippen MR) is 94.0 cm³/mol. The van der Waals surface area contributed by atoms with Crippen LogP contribution < -0.4 is 10.6 Å². The van der Waals surface area contributed by atoms with Gasteiger partial charge in [0.2, 0.25) is 0 Å². The molecular formula is C19H14FN5O. The van der Waals surface area contributed by atoms with E-state index in [4.69, 9.17) is 5.26 Å². The minimum Gasteiger partial charge on any atom is -0.346 e. The highest BCUT2D eigenvalue weighted by Crippen LogP contribution is 2.14. The smallest absolute Gasteiger partial charge is 0.272 e. The van der Waals surface area contributed by atoms with Crippen LogP contribution in [0.25, 0.3) is 0 Å². The van der Waals surface area contributed by atoms with Gasteiger partial charge in [0, 0.05) is 17.8 Å². The monoisotopic (exact) mass is 347 g/mol. The normalized spacial score (nSPS) is 10.0. The number of nitrogens with zero attached hydrogens (tertiary/aromatic N) is 3. The lowest BCUT2D eigenvalue weighted by atomic mass is 10.2. The molecule has 2 N–H and O–H groups in total. The molecule has 26 heavy (non-hydrogen) atoms. The van der Waals surface area contributed by atoms with E-state index in [9.17, 15) is 9.18 Å². The van der Waals surface area contributed by atoms with Crippen molar-refractivity contribution in [3.05, 3.63) is 83.3 Å². The number of hydrogen-bond donors (Lipinski definition) is 2. The average Bonchev–Trinajstić information content (AvgIpc) is 2.68. The Bertz CT molecular complexity index is 949. The zero-order chi connectivity index (χ0) is 18.4. The molecule has 0 aliphatic rings. The second kappa shape index (κ2) is 7.85. The summed E-state index contributed by atoms with van der Waals surface area (Å²) >= 11 is 0. The maximum Gasteiger partial charge on any atom is 0.272 e. The van der Waals surface area contributed by atoms with Crippen molar-refractivity contribution in [3.8, 4) is 6.07 Å². The molecular weight excluding hydrogens is 333 g/mol. The molecule has 0 saturated carbocycles. The number of amides is 1. The molecule has 7 heteroatoms. The number of rotatable bonds is 5. The molecule has 0 fully saturated rings. The van der Waals surface area contributed by atoms with Crippen molar-refractivity contribution in [1.29, 1.82) is 5.26 Å². The van der Waals surface area contributed by atoms with E-state index in [-0.39, 0.29) is 18.1 Å². The molecule has 0 aliphatic heterocycles. The van der Waals surface area contributed by atoms with Crippen LogP contribution in [0, 0.1) is 17.1 Å². The zero-order valence-corrected chi connectivity index (χ0v) is 13.6. The van der Waals surface area contributed by atoms with E-state index < -0.39 is 5.91 Å². The zero-order valence-electron chi connectivity index (χ0n) is 13.6. The third-order valence-corrected chi connectivity index (χ3v) is 3.58. The van der Waals surface area contributed by atoms with Crippen molar-refractivity contribution in [2.45, 2.75) is 6.54 Å². The number of carbonyl (C=O) groups excluding carboxylic acids is 1. The summed E-state index contributed by atoms with van der Waals surface area (Å²) in [5.41, 5.74) is 1.83. The van der Waals surface area contributed by atoms with Crippen LogP contribution in [0.5, 0.6) is 0 Å². The highest BCUT2D eigenvalue weighted by Gasteiger charge is 2.09. The van der Waals surface area contributed by atoms with Gasteiger partial charge in [-0.25, -0.2) is 4.39 Å². The van der Waals surface area contributed by atoms with E-state index in [0.29, 0.717) is 16.9 Å². The molecule has 128 valence electrons. The average molecular weight is 347 g/mol. The van der Waals surface area contributed by atoms with Gasteiger partial charge in [-0.2, -0.15) is 5.26 Å². The van der Waals surface area contributed by atoms with Gasteiger partial charge in [0.25, 0.3) is 5.91 Å². The topological polar surface area (TPSA) is 90.7 Å². The summed E-state index contributed by atoms with van der Waals surface area (Å²) in [6, 6.07) is 18.3. The van der Waals surface area contributed by atoms with Crippen LogP contribution >= 0.6 is 0 Å². The second-order valence-corrected chi connectivity index (χ2v) is 5.39. The minimum absolute atomic E-state index is 0.0679. The highest BCUT2D eigenvalue weighted by molar-refractivity contribution is 5.92.